The van der Waals surface area contributed by atoms with Gasteiger partial charge in [-0.2, -0.15) is 10.2 Å². The van der Waals surface area contributed by atoms with Crippen LogP contribution in [0.2, 0.25) is 0 Å². The van der Waals surface area contributed by atoms with Crippen LogP contribution in [0.3, 0.4) is 0 Å². The van der Waals surface area contributed by atoms with E-state index < -0.39 is 0 Å². The van der Waals surface area contributed by atoms with Crippen molar-refractivity contribution < 1.29 is 21.1 Å². The molecule has 1 aliphatic rings. The third-order valence-corrected chi connectivity index (χ3v) is 3.24. The monoisotopic (exact) mass is 468 g/mol. The zero-order chi connectivity index (χ0) is 14.1. The Labute approximate surface area is 142 Å². The Bertz CT molecular complexity index is 693. The minimum atomic E-state index is 0. The van der Waals surface area contributed by atoms with E-state index in [1.54, 1.807) is 12.4 Å². The SMILES string of the molecule is [B]1N(c2cccnn2)c2ccccc2N1c1cccnn1.[Pt]. The van der Waals surface area contributed by atoms with Crippen LogP contribution < -0.4 is 9.62 Å². The van der Waals surface area contributed by atoms with Crippen molar-refractivity contribution >= 4 is 30.6 Å². The number of aromatic nitrogens is 4. The first-order valence-corrected chi connectivity index (χ1v) is 6.51. The number of para-hydroxylation sites is 2. The third-order valence-electron chi connectivity index (χ3n) is 3.24. The molecule has 0 spiro atoms. The number of hydrogen-bond acceptors (Lipinski definition) is 6. The van der Waals surface area contributed by atoms with Gasteiger partial charge in [-0.25, -0.2) is 0 Å². The molecular weight excluding hydrogens is 458 g/mol. The minimum absolute atomic E-state index is 0. The molecule has 0 atom stereocenters. The first-order chi connectivity index (χ1) is 10.4. The molecular formula is C14H10BN6Pt. The summed E-state index contributed by atoms with van der Waals surface area (Å²) in [4.78, 5) is 3.97. The Hall–Kier alpha value is -2.27. The number of anilines is 4. The van der Waals surface area contributed by atoms with Crippen molar-refractivity contribution in [3.63, 3.8) is 0 Å². The van der Waals surface area contributed by atoms with Gasteiger partial charge in [0.1, 0.15) is 11.6 Å². The predicted molar refractivity (Wildman–Crippen MR) is 80.5 cm³/mol. The van der Waals surface area contributed by atoms with Gasteiger partial charge in [-0.3, -0.25) is 0 Å². The van der Waals surface area contributed by atoms with Crippen molar-refractivity contribution in [3.05, 3.63) is 60.9 Å². The van der Waals surface area contributed by atoms with Gasteiger partial charge in [-0.15, -0.1) is 10.2 Å². The summed E-state index contributed by atoms with van der Waals surface area (Å²) in [5.74, 6) is 1.52. The average Bonchev–Trinajstić information content (AvgIpc) is 2.96. The maximum Gasteiger partial charge on any atom is 0.404 e. The number of fused-ring (bicyclic) bond motifs is 1. The second kappa shape index (κ2) is 6.24. The third kappa shape index (κ3) is 2.48. The van der Waals surface area contributed by atoms with Crippen molar-refractivity contribution in [2.45, 2.75) is 0 Å². The van der Waals surface area contributed by atoms with E-state index in [1.165, 1.54) is 0 Å². The predicted octanol–water partition coefficient (Wildman–Crippen LogP) is 2.09. The molecule has 3 aromatic rings. The van der Waals surface area contributed by atoms with E-state index in [2.05, 4.69) is 20.4 Å². The van der Waals surface area contributed by atoms with Gasteiger partial charge in [0.05, 0.1) is 11.4 Å². The Balaban J connectivity index is 0.00000144. The minimum Gasteiger partial charge on any atom is -0.350 e. The molecule has 2 aromatic heterocycles. The number of nitrogens with zero attached hydrogens (tertiary/aromatic N) is 6. The van der Waals surface area contributed by atoms with Crippen LogP contribution in [0.25, 0.3) is 0 Å². The fourth-order valence-corrected chi connectivity index (χ4v) is 2.32. The molecule has 4 rings (SSSR count). The van der Waals surface area contributed by atoms with Crippen LogP contribution in [0.4, 0.5) is 23.0 Å². The first kappa shape index (κ1) is 14.7. The van der Waals surface area contributed by atoms with E-state index in [1.807, 2.05) is 65.7 Å². The van der Waals surface area contributed by atoms with E-state index in [9.17, 15) is 0 Å². The fourth-order valence-electron chi connectivity index (χ4n) is 2.32. The molecule has 22 heavy (non-hydrogen) atoms. The number of hydrogen-bond donors (Lipinski definition) is 0. The van der Waals surface area contributed by atoms with Crippen LogP contribution in [-0.2, 0) is 21.1 Å². The largest absolute Gasteiger partial charge is 0.404 e. The molecule has 3 heterocycles. The van der Waals surface area contributed by atoms with Gasteiger partial charge in [0, 0.05) is 33.5 Å². The molecule has 0 N–H and O–H groups in total. The zero-order valence-electron chi connectivity index (χ0n) is 11.4. The zero-order valence-corrected chi connectivity index (χ0v) is 13.6. The van der Waals surface area contributed by atoms with Gasteiger partial charge in [-0.1, -0.05) is 12.1 Å². The van der Waals surface area contributed by atoms with Gasteiger partial charge in [0.25, 0.3) is 0 Å². The summed E-state index contributed by atoms with van der Waals surface area (Å²) in [6, 6.07) is 15.6. The fraction of sp³-hybridized carbons (Fsp3) is 0. The molecule has 0 aliphatic carbocycles. The van der Waals surface area contributed by atoms with Crippen molar-refractivity contribution in [1.29, 1.82) is 0 Å². The molecule has 109 valence electrons. The smallest absolute Gasteiger partial charge is 0.350 e. The maximum absolute atomic E-state index is 4.17. The van der Waals surface area contributed by atoms with E-state index in [0.717, 1.165) is 23.0 Å². The molecule has 1 radical (unpaired) electrons. The second-order valence-electron chi connectivity index (χ2n) is 4.51. The molecule has 0 amide bonds. The second-order valence-corrected chi connectivity index (χ2v) is 4.51. The van der Waals surface area contributed by atoms with Gasteiger partial charge in [-0.05, 0) is 36.4 Å². The molecule has 1 aromatic carbocycles. The van der Waals surface area contributed by atoms with Gasteiger partial charge in [0.2, 0.25) is 0 Å². The van der Waals surface area contributed by atoms with Crippen LogP contribution >= 0.6 is 0 Å². The first-order valence-electron chi connectivity index (χ1n) is 6.51. The van der Waals surface area contributed by atoms with E-state index in [0.29, 0.717) is 0 Å². The van der Waals surface area contributed by atoms with Crippen LogP contribution in [0.1, 0.15) is 0 Å². The van der Waals surface area contributed by atoms with Crippen LogP contribution in [0.5, 0.6) is 0 Å². The van der Waals surface area contributed by atoms with Gasteiger partial charge < -0.3 is 9.62 Å². The Kier molecular flexibility index (Phi) is 4.16. The number of benzene rings is 1. The summed E-state index contributed by atoms with van der Waals surface area (Å²) in [6.07, 6.45) is 3.32. The molecule has 0 fully saturated rings. The van der Waals surface area contributed by atoms with Crippen molar-refractivity contribution in [2.24, 2.45) is 0 Å². The van der Waals surface area contributed by atoms with Crippen LogP contribution in [0, 0.1) is 0 Å². The number of rotatable bonds is 2. The van der Waals surface area contributed by atoms with Crippen molar-refractivity contribution in [3.8, 4) is 0 Å². The maximum atomic E-state index is 4.17. The van der Waals surface area contributed by atoms with Crippen LogP contribution in [0.15, 0.2) is 60.9 Å². The summed E-state index contributed by atoms with van der Waals surface area (Å²) in [7, 11) is 1.94. The quantitative estimate of drug-likeness (QED) is 0.538. The van der Waals surface area contributed by atoms with Crippen LogP contribution in [-0.4, -0.2) is 27.9 Å². The average molecular weight is 468 g/mol. The molecule has 0 bridgehead atoms. The molecule has 6 nitrogen and oxygen atoms in total. The van der Waals surface area contributed by atoms with E-state index in [-0.39, 0.29) is 21.1 Å². The summed E-state index contributed by atoms with van der Waals surface area (Å²) in [6.45, 7) is 0. The molecule has 0 saturated carbocycles. The van der Waals surface area contributed by atoms with E-state index >= 15 is 0 Å². The Morgan fingerprint density at radius 1 is 0.682 bits per heavy atom. The van der Waals surface area contributed by atoms with E-state index in [4.69, 9.17) is 0 Å². The molecule has 0 unspecified atom stereocenters. The topological polar surface area (TPSA) is 58.0 Å². The standard InChI is InChI=1S/C14H10BN6.Pt/c1-2-6-12-11(5-1)20(13-7-3-9-16-18-13)15-21(12)14-8-4-10-17-19-14;/h1-10H;. The molecule has 0 saturated heterocycles. The van der Waals surface area contributed by atoms with Gasteiger partial charge >= 0.3 is 7.55 Å². The Morgan fingerprint density at radius 2 is 1.18 bits per heavy atom. The van der Waals surface area contributed by atoms with Crippen molar-refractivity contribution in [1.82, 2.24) is 20.4 Å². The molecule has 1 aliphatic heterocycles. The summed E-state index contributed by atoms with van der Waals surface area (Å²) < 4.78 is 0. The van der Waals surface area contributed by atoms with Gasteiger partial charge in [0.15, 0.2) is 0 Å². The Morgan fingerprint density at radius 3 is 1.59 bits per heavy atom. The normalized spacial score (nSPS) is 12.4. The van der Waals surface area contributed by atoms with Crippen molar-refractivity contribution in [2.75, 3.05) is 9.62 Å². The summed E-state index contributed by atoms with van der Waals surface area (Å²) in [5.41, 5.74) is 2.06. The summed E-state index contributed by atoms with van der Waals surface area (Å²) in [5, 5.41) is 16.2. The summed E-state index contributed by atoms with van der Waals surface area (Å²) >= 11 is 0. The molecule has 8 heteroatoms.